The van der Waals surface area contributed by atoms with Crippen LogP contribution in [0.15, 0.2) is 18.2 Å². The molecule has 0 saturated heterocycles. The molecule has 0 amide bonds. The van der Waals surface area contributed by atoms with Crippen LogP contribution in [0.2, 0.25) is 0 Å². The van der Waals surface area contributed by atoms with Crippen molar-refractivity contribution in [3.05, 3.63) is 33.9 Å². The van der Waals surface area contributed by atoms with Gasteiger partial charge in [-0.25, -0.2) is 0 Å². The highest BCUT2D eigenvalue weighted by Crippen LogP contribution is 2.30. The maximum atomic E-state index is 11.0. The lowest BCUT2D eigenvalue weighted by atomic mass is 9.80. The highest BCUT2D eigenvalue weighted by atomic mass is 16.6. The smallest absolute Gasteiger partial charge is 0.311 e. The Morgan fingerprint density at radius 3 is 2.76 bits per heavy atom. The fourth-order valence-electron chi connectivity index (χ4n) is 3.21. The molecular weight excluding hydrogens is 268 g/mol. The molecule has 0 heterocycles. The lowest BCUT2D eigenvalue weighted by Crippen LogP contribution is -2.38. The molecule has 1 fully saturated rings. The van der Waals surface area contributed by atoms with Gasteiger partial charge in [-0.2, -0.15) is 0 Å². The Hall–Kier alpha value is -1.62. The monoisotopic (exact) mass is 292 g/mol. The van der Waals surface area contributed by atoms with Gasteiger partial charge in [0.25, 0.3) is 0 Å². The highest BCUT2D eigenvalue weighted by Gasteiger charge is 2.25. The van der Waals surface area contributed by atoms with Crippen molar-refractivity contribution in [2.45, 2.75) is 45.7 Å². The number of nitrogens with zero attached hydrogens (tertiary/aromatic N) is 1. The van der Waals surface area contributed by atoms with Crippen molar-refractivity contribution < 1.29 is 9.66 Å². The minimum absolute atomic E-state index is 0.0297. The predicted molar refractivity (Wildman–Crippen MR) is 82.5 cm³/mol. The molecule has 116 valence electrons. The minimum atomic E-state index is -0.396. The van der Waals surface area contributed by atoms with E-state index in [9.17, 15) is 10.1 Å². The maximum Gasteiger partial charge on any atom is 0.311 e. The van der Waals surface area contributed by atoms with Gasteiger partial charge in [-0.3, -0.25) is 10.1 Å². The van der Waals surface area contributed by atoms with E-state index in [0.29, 0.717) is 24.3 Å². The molecule has 3 atom stereocenters. The van der Waals surface area contributed by atoms with Crippen molar-refractivity contribution >= 4 is 5.69 Å². The average molecular weight is 292 g/mol. The summed E-state index contributed by atoms with van der Waals surface area (Å²) in [6.45, 7) is 5.25. The molecular formula is C16H24N2O3. The molecule has 1 saturated carbocycles. The lowest BCUT2D eigenvalue weighted by Gasteiger charge is -2.33. The first kappa shape index (κ1) is 15.8. The van der Waals surface area contributed by atoms with E-state index in [4.69, 9.17) is 4.74 Å². The van der Waals surface area contributed by atoms with E-state index in [1.165, 1.54) is 26.4 Å². The largest absolute Gasteiger partial charge is 0.490 e. The topological polar surface area (TPSA) is 64.4 Å². The molecule has 0 radical (unpaired) electrons. The highest BCUT2D eigenvalue weighted by molar-refractivity contribution is 5.48. The fraction of sp³-hybridized carbons (Fsp3) is 0.625. The second-order valence-corrected chi connectivity index (χ2v) is 6.15. The molecule has 1 aliphatic carbocycles. The van der Waals surface area contributed by atoms with Crippen LogP contribution in [0.25, 0.3) is 0 Å². The molecule has 1 aromatic carbocycles. The number of nitro benzene ring substituents is 1. The maximum absolute atomic E-state index is 11.0. The first-order valence-corrected chi connectivity index (χ1v) is 7.56. The summed E-state index contributed by atoms with van der Waals surface area (Å²) in [5.41, 5.74) is 0.954. The summed E-state index contributed by atoms with van der Waals surface area (Å²) in [6.07, 6.45) is 3.69. The zero-order valence-corrected chi connectivity index (χ0v) is 13.0. The summed E-state index contributed by atoms with van der Waals surface area (Å²) in [5, 5.41) is 14.6. The van der Waals surface area contributed by atoms with Crippen LogP contribution in [0.1, 0.15) is 38.7 Å². The van der Waals surface area contributed by atoms with Crippen LogP contribution in [0.5, 0.6) is 5.75 Å². The molecule has 1 aliphatic rings. The third-order valence-corrected chi connectivity index (χ3v) is 4.44. The van der Waals surface area contributed by atoms with Crippen LogP contribution < -0.4 is 10.1 Å². The van der Waals surface area contributed by atoms with Crippen molar-refractivity contribution in [1.29, 1.82) is 0 Å². The van der Waals surface area contributed by atoms with Crippen molar-refractivity contribution in [3.63, 3.8) is 0 Å². The second-order valence-electron chi connectivity index (χ2n) is 6.15. The summed E-state index contributed by atoms with van der Waals surface area (Å²) < 4.78 is 5.02. The Morgan fingerprint density at radius 2 is 2.14 bits per heavy atom. The van der Waals surface area contributed by atoms with E-state index < -0.39 is 4.92 Å². The normalized spacial score (nSPS) is 25.6. The Balaban J connectivity index is 2.00. The molecule has 2 rings (SSSR count). The molecule has 0 aliphatic heterocycles. The summed E-state index contributed by atoms with van der Waals surface area (Å²) in [7, 11) is 1.45. The van der Waals surface area contributed by atoms with Gasteiger partial charge in [0.1, 0.15) is 0 Å². The van der Waals surface area contributed by atoms with Gasteiger partial charge in [0.2, 0.25) is 0 Å². The van der Waals surface area contributed by atoms with Gasteiger partial charge in [0.05, 0.1) is 12.0 Å². The standard InChI is InChI=1S/C16H24N2O3/c1-11-4-6-14(12(2)8-11)17-10-13-5-7-16(21-3)15(9-13)18(19)20/h5,7,9,11-12,14,17H,4,6,8,10H2,1-3H3. The Bertz CT molecular complexity index is 504. The SMILES string of the molecule is COc1ccc(CNC2CCC(C)CC2C)cc1[N+](=O)[O-]. The number of hydrogen-bond donors (Lipinski definition) is 1. The number of rotatable bonds is 5. The first-order valence-electron chi connectivity index (χ1n) is 7.56. The Labute approximate surface area is 125 Å². The zero-order chi connectivity index (χ0) is 15.4. The zero-order valence-electron chi connectivity index (χ0n) is 13.0. The van der Waals surface area contributed by atoms with E-state index >= 15 is 0 Å². The van der Waals surface area contributed by atoms with Crippen LogP contribution in [0.3, 0.4) is 0 Å². The molecule has 1 N–H and O–H groups in total. The minimum Gasteiger partial charge on any atom is -0.490 e. The van der Waals surface area contributed by atoms with Gasteiger partial charge in [0.15, 0.2) is 5.75 Å². The number of methoxy groups -OCH3 is 1. The number of benzene rings is 1. The first-order chi connectivity index (χ1) is 10.0. The van der Waals surface area contributed by atoms with Crippen LogP contribution in [-0.2, 0) is 6.54 Å². The molecule has 5 heteroatoms. The van der Waals surface area contributed by atoms with Crippen molar-refractivity contribution in [3.8, 4) is 5.75 Å². The van der Waals surface area contributed by atoms with Crippen molar-refractivity contribution in [1.82, 2.24) is 5.32 Å². The number of nitro groups is 1. The summed E-state index contributed by atoms with van der Waals surface area (Å²) >= 11 is 0. The third-order valence-electron chi connectivity index (χ3n) is 4.44. The van der Waals surface area contributed by atoms with Gasteiger partial charge in [-0.15, -0.1) is 0 Å². The summed E-state index contributed by atoms with van der Waals surface area (Å²) in [5.74, 6) is 1.77. The molecule has 0 spiro atoms. The molecule has 21 heavy (non-hydrogen) atoms. The van der Waals surface area contributed by atoms with Gasteiger partial charge in [0, 0.05) is 18.7 Å². The van der Waals surface area contributed by atoms with Crippen molar-refractivity contribution in [2.24, 2.45) is 11.8 Å². The van der Waals surface area contributed by atoms with E-state index in [-0.39, 0.29) is 5.69 Å². The van der Waals surface area contributed by atoms with Crippen LogP contribution in [-0.4, -0.2) is 18.1 Å². The molecule has 0 bridgehead atoms. The number of ether oxygens (including phenoxy) is 1. The Morgan fingerprint density at radius 1 is 1.38 bits per heavy atom. The quantitative estimate of drug-likeness (QED) is 0.666. The molecule has 3 unspecified atom stereocenters. The van der Waals surface area contributed by atoms with Gasteiger partial charge >= 0.3 is 5.69 Å². The molecule has 5 nitrogen and oxygen atoms in total. The lowest BCUT2D eigenvalue weighted by molar-refractivity contribution is -0.385. The molecule has 1 aromatic rings. The van der Waals surface area contributed by atoms with E-state index in [1.54, 1.807) is 12.1 Å². The van der Waals surface area contributed by atoms with Crippen LogP contribution >= 0.6 is 0 Å². The van der Waals surface area contributed by atoms with Gasteiger partial charge in [-0.05, 0) is 42.7 Å². The van der Waals surface area contributed by atoms with Crippen molar-refractivity contribution in [2.75, 3.05) is 7.11 Å². The average Bonchev–Trinajstić information content (AvgIpc) is 2.46. The van der Waals surface area contributed by atoms with Gasteiger partial charge in [-0.1, -0.05) is 19.9 Å². The van der Waals surface area contributed by atoms with E-state index in [2.05, 4.69) is 19.2 Å². The van der Waals surface area contributed by atoms with Gasteiger partial charge < -0.3 is 10.1 Å². The predicted octanol–water partition coefficient (Wildman–Crippen LogP) is 3.52. The van der Waals surface area contributed by atoms with Crippen LogP contribution in [0, 0.1) is 22.0 Å². The van der Waals surface area contributed by atoms with Crippen LogP contribution in [0.4, 0.5) is 5.69 Å². The molecule has 0 aromatic heterocycles. The third kappa shape index (κ3) is 3.94. The number of nitrogens with one attached hydrogen (secondary N) is 1. The van der Waals surface area contributed by atoms with E-state index in [1.807, 2.05) is 6.07 Å². The second kappa shape index (κ2) is 6.89. The van der Waals surface area contributed by atoms with E-state index in [0.717, 1.165) is 11.5 Å². The Kier molecular flexibility index (Phi) is 5.17. The summed E-state index contributed by atoms with van der Waals surface area (Å²) in [6, 6.07) is 5.65. The number of hydrogen-bond acceptors (Lipinski definition) is 4. The fourth-order valence-corrected chi connectivity index (χ4v) is 3.21. The summed E-state index contributed by atoms with van der Waals surface area (Å²) in [4.78, 5) is 10.6.